The van der Waals surface area contributed by atoms with Gasteiger partial charge in [-0.3, -0.25) is 14.4 Å². The SMILES string of the molecule is CCOC(=O)CC(=O)NC(CC(=O)OC)Cc1ccccc1. The lowest BCUT2D eigenvalue weighted by atomic mass is 10.0. The fourth-order valence-corrected chi connectivity index (χ4v) is 1.98. The molecule has 0 spiro atoms. The van der Waals surface area contributed by atoms with Crippen molar-refractivity contribution < 1.29 is 23.9 Å². The first-order chi connectivity index (χ1) is 10.5. The van der Waals surface area contributed by atoms with E-state index in [2.05, 4.69) is 10.1 Å². The van der Waals surface area contributed by atoms with Crippen molar-refractivity contribution in [2.75, 3.05) is 13.7 Å². The van der Waals surface area contributed by atoms with Crippen LogP contribution in [-0.4, -0.2) is 37.6 Å². The van der Waals surface area contributed by atoms with Crippen LogP contribution in [-0.2, 0) is 30.3 Å². The second-order valence-corrected chi connectivity index (χ2v) is 4.72. The number of benzene rings is 1. The molecule has 0 bridgehead atoms. The maximum absolute atomic E-state index is 11.8. The minimum absolute atomic E-state index is 0.0416. The predicted octanol–water partition coefficient (Wildman–Crippen LogP) is 1.23. The summed E-state index contributed by atoms with van der Waals surface area (Å²) in [4.78, 5) is 34.6. The zero-order chi connectivity index (χ0) is 16.4. The van der Waals surface area contributed by atoms with Crippen LogP contribution in [0.1, 0.15) is 25.3 Å². The zero-order valence-corrected chi connectivity index (χ0v) is 12.8. The Labute approximate surface area is 129 Å². The number of methoxy groups -OCH3 is 1. The van der Waals surface area contributed by atoms with E-state index in [1.54, 1.807) is 6.92 Å². The number of rotatable bonds is 8. The van der Waals surface area contributed by atoms with E-state index in [0.717, 1.165) is 5.56 Å². The smallest absolute Gasteiger partial charge is 0.315 e. The van der Waals surface area contributed by atoms with Gasteiger partial charge in [-0.25, -0.2) is 0 Å². The highest BCUT2D eigenvalue weighted by molar-refractivity contribution is 5.94. The average Bonchev–Trinajstić information content (AvgIpc) is 2.48. The molecule has 0 saturated carbocycles. The molecule has 0 aromatic heterocycles. The van der Waals surface area contributed by atoms with E-state index in [4.69, 9.17) is 4.74 Å². The van der Waals surface area contributed by atoms with E-state index in [0.29, 0.717) is 6.42 Å². The summed E-state index contributed by atoms with van der Waals surface area (Å²) < 4.78 is 9.36. The molecule has 6 heteroatoms. The standard InChI is InChI=1S/C16H21NO5/c1-3-22-16(20)11-14(18)17-13(10-15(19)21-2)9-12-7-5-4-6-8-12/h4-8,13H,3,9-11H2,1-2H3,(H,17,18). The maximum Gasteiger partial charge on any atom is 0.315 e. The summed E-state index contributed by atoms with van der Waals surface area (Å²) in [5.74, 6) is -1.47. The Balaban J connectivity index is 2.63. The van der Waals surface area contributed by atoms with E-state index < -0.39 is 23.9 Å². The van der Waals surface area contributed by atoms with Gasteiger partial charge in [0.25, 0.3) is 0 Å². The Bertz CT molecular complexity index is 501. The number of amides is 1. The summed E-state index contributed by atoms with van der Waals surface area (Å²) in [6.07, 6.45) is 0.158. The van der Waals surface area contributed by atoms with Crippen molar-refractivity contribution in [2.45, 2.75) is 32.2 Å². The largest absolute Gasteiger partial charge is 0.469 e. The number of hydrogen-bond acceptors (Lipinski definition) is 5. The van der Waals surface area contributed by atoms with Crippen LogP contribution in [0.3, 0.4) is 0 Å². The molecule has 0 fully saturated rings. The minimum atomic E-state index is -0.587. The van der Waals surface area contributed by atoms with E-state index in [9.17, 15) is 14.4 Å². The molecule has 22 heavy (non-hydrogen) atoms. The summed E-state index contributed by atoms with van der Waals surface area (Å²) in [5, 5.41) is 2.68. The highest BCUT2D eigenvalue weighted by atomic mass is 16.5. The summed E-state index contributed by atoms with van der Waals surface area (Å²) in [7, 11) is 1.29. The molecular formula is C16H21NO5. The van der Waals surface area contributed by atoms with E-state index >= 15 is 0 Å². The number of carbonyl (C=O) groups excluding carboxylic acids is 3. The molecule has 0 radical (unpaired) electrons. The van der Waals surface area contributed by atoms with E-state index in [-0.39, 0.29) is 19.4 Å². The van der Waals surface area contributed by atoms with Crippen LogP contribution in [0.4, 0.5) is 0 Å². The topological polar surface area (TPSA) is 81.7 Å². The quantitative estimate of drug-likeness (QED) is 0.577. The molecule has 1 N–H and O–H groups in total. The van der Waals surface area contributed by atoms with Gasteiger partial charge in [0.2, 0.25) is 5.91 Å². The Kier molecular flexibility index (Phi) is 7.67. The normalized spacial score (nSPS) is 11.4. The zero-order valence-electron chi connectivity index (χ0n) is 12.8. The predicted molar refractivity (Wildman–Crippen MR) is 80.0 cm³/mol. The van der Waals surface area contributed by atoms with Gasteiger partial charge in [-0.1, -0.05) is 30.3 Å². The summed E-state index contributed by atoms with van der Waals surface area (Å²) in [5.41, 5.74) is 0.979. The molecule has 0 aliphatic carbocycles. The first-order valence-electron chi connectivity index (χ1n) is 7.10. The third kappa shape index (κ3) is 6.88. The van der Waals surface area contributed by atoms with E-state index in [1.165, 1.54) is 7.11 Å². The number of carbonyl (C=O) groups is 3. The molecule has 1 aromatic carbocycles. The molecule has 1 unspecified atom stereocenters. The van der Waals surface area contributed by atoms with Gasteiger partial charge in [0.1, 0.15) is 6.42 Å². The van der Waals surface area contributed by atoms with Crippen LogP contribution >= 0.6 is 0 Å². The summed E-state index contributed by atoms with van der Waals surface area (Å²) in [6.45, 7) is 1.90. The monoisotopic (exact) mass is 307 g/mol. The Morgan fingerprint density at radius 3 is 2.41 bits per heavy atom. The highest BCUT2D eigenvalue weighted by Crippen LogP contribution is 2.07. The Hall–Kier alpha value is -2.37. The molecule has 0 saturated heterocycles. The molecule has 0 aliphatic heterocycles. The second-order valence-electron chi connectivity index (χ2n) is 4.72. The highest BCUT2D eigenvalue weighted by Gasteiger charge is 2.19. The van der Waals surface area contributed by atoms with Gasteiger partial charge in [0.15, 0.2) is 0 Å². The molecule has 1 aromatic rings. The second kappa shape index (κ2) is 9.55. The number of esters is 2. The van der Waals surface area contributed by atoms with Crippen molar-refractivity contribution in [2.24, 2.45) is 0 Å². The van der Waals surface area contributed by atoms with Gasteiger partial charge in [0, 0.05) is 6.04 Å². The van der Waals surface area contributed by atoms with Gasteiger partial charge in [-0.2, -0.15) is 0 Å². The molecule has 6 nitrogen and oxygen atoms in total. The molecule has 120 valence electrons. The van der Waals surface area contributed by atoms with Crippen LogP contribution in [0.25, 0.3) is 0 Å². The number of nitrogens with one attached hydrogen (secondary N) is 1. The summed E-state index contributed by atoms with van der Waals surface area (Å²) in [6, 6.07) is 9.02. The first-order valence-corrected chi connectivity index (χ1v) is 7.10. The van der Waals surface area contributed by atoms with Crippen molar-refractivity contribution >= 4 is 17.8 Å². The third-order valence-corrected chi connectivity index (χ3v) is 2.94. The molecule has 0 aliphatic rings. The minimum Gasteiger partial charge on any atom is -0.469 e. The fourth-order valence-electron chi connectivity index (χ4n) is 1.98. The first kappa shape index (κ1) is 17.7. The fraction of sp³-hybridized carbons (Fsp3) is 0.438. The van der Waals surface area contributed by atoms with Crippen LogP contribution in [0.2, 0.25) is 0 Å². The molecule has 1 atom stereocenters. The third-order valence-electron chi connectivity index (χ3n) is 2.94. The molecular weight excluding hydrogens is 286 g/mol. The van der Waals surface area contributed by atoms with Crippen molar-refractivity contribution in [3.05, 3.63) is 35.9 Å². The Morgan fingerprint density at radius 1 is 1.14 bits per heavy atom. The van der Waals surface area contributed by atoms with Gasteiger partial charge < -0.3 is 14.8 Å². The lowest BCUT2D eigenvalue weighted by Gasteiger charge is -2.17. The average molecular weight is 307 g/mol. The van der Waals surface area contributed by atoms with Crippen LogP contribution in [0.5, 0.6) is 0 Å². The van der Waals surface area contributed by atoms with Gasteiger partial charge in [0.05, 0.1) is 20.1 Å². The number of hydrogen-bond donors (Lipinski definition) is 1. The molecule has 1 rings (SSSR count). The van der Waals surface area contributed by atoms with Crippen LogP contribution < -0.4 is 5.32 Å². The summed E-state index contributed by atoms with van der Waals surface area (Å²) >= 11 is 0. The van der Waals surface area contributed by atoms with Gasteiger partial charge >= 0.3 is 11.9 Å². The lowest BCUT2D eigenvalue weighted by molar-refractivity contribution is -0.146. The van der Waals surface area contributed by atoms with E-state index in [1.807, 2.05) is 30.3 Å². The maximum atomic E-state index is 11.8. The number of ether oxygens (including phenoxy) is 2. The van der Waals surface area contributed by atoms with Crippen LogP contribution in [0, 0.1) is 0 Å². The van der Waals surface area contributed by atoms with Crippen molar-refractivity contribution in [1.82, 2.24) is 5.32 Å². The van der Waals surface area contributed by atoms with Crippen LogP contribution in [0.15, 0.2) is 30.3 Å². The molecule has 1 amide bonds. The Morgan fingerprint density at radius 2 is 1.82 bits per heavy atom. The van der Waals surface area contributed by atoms with Gasteiger partial charge in [-0.15, -0.1) is 0 Å². The molecule has 0 heterocycles. The van der Waals surface area contributed by atoms with Gasteiger partial charge in [-0.05, 0) is 18.9 Å². The lowest BCUT2D eigenvalue weighted by Crippen LogP contribution is -2.39. The van der Waals surface area contributed by atoms with Crippen molar-refractivity contribution in [3.8, 4) is 0 Å². The van der Waals surface area contributed by atoms with Crippen molar-refractivity contribution in [1.29, 1.82) is 0 Å². The van der Waals surface area contributed by atoms with Crippen molar-refractivity contribution in [3.63, 3.8) is 0 Å².